The Hall–Kier alpha value is -3.86. The summed E-state index contributed by atoms with van der Waals surface area (Å²) in [5, 5.41) is 11.2. The maximum absolute atomic E-state index is 13.2. The molecule has 4 rings (SSSR count). The summed E-state index contributed by atoms with van der Waals surface area (Å²) in [5.41, 5.74) is 5.28. The van der Waals surface area contributed by atoms with Crippen LogP contribution < -0.4 is 4.74 Å². The minimum Gasteiger partial charge on any atom is -0.497 e. The highest BCUT2D eigenvalue weighted by atomic mass is 16.5. The van der Waals surface area contributed by atoms with Crippen molar-refractivity contribution in [1.29, 1.82) is 0 Å². The highest BCUT2D eigenvalue weighted by molar-refractivity contribution is 6.35. The molecule has 1 aliphatic rings. The Bertz CT molecular complexity index is 1200. The molecular formula is C28H28NO4+. The molecule has 0 aliphatic heterocycles. The van der Waals surface area contributed by atoms with Gasteiger partial charge in [-0.15, -0.1) is 0 Å². The van der Waals surface area contributed by atoms with Gasteiger partial charge in [0.25, 0.3) is 5.71 Å². The zero-order valence-corrected chi connectivity index (χ0v) is 19.0. The van der Waals surface area contributed by atoms with Crippen molar-refractivity contribution in [3.05, 3.63) is 107 Å². The number of hydroxylamine groups is 1. The Morgan fingerprint density at radius 1 is 0.939 bits per heavy atom. The van der Waals surface area contributed by atoms with Gasteiger partial charge >= 0.3 is 5.97 Å². The van der Waals surface area contributed by atoms with Gasteiger partial charge < -0.3 is 9.47 Å². The van der Waals surface area contributed by atoms with Gasteiger partial charge in [0.1, 0.15) is 11.3 Å². The largest absolute Gasteiger partial charge is 0.497 e. The monoisotopic (exact) mass is 442 g/mol. The number of carbonyl (C=O) groups excluding carboxylic acids is 1. The van der Waals surface area contributed by atoms with Crippen LogP contribution in [0.4, 0.5) is 0 Å². The van der Waals surface area contributed by atoms with Gasteiger partial charge in [-0.3, -0.25) is 5.21 Å². The lowest BCUT2D eigenvalue weighted by molar-refractivity contribution is -0.773. The molecule has 1 N–H and O–H groups in total. The van der Waals surface area contributed by atoms with E-state index in [9.17, 15) is 10.0 Å². The van der Waals surface area contributed by atoms with Gasteiger partial charge in [-0.25, -0.2) is 4.79 Å². The molecular weight excluding hydrogens is 414 g/mol. The van der Waals surface area contributed by atoms with Crippen LogP contribution in [0.2, 0.25) is 0 Å². The number of nitrogens with zero attached hydrogens (tertiary/aromatic N) is 1. The van der Waals surface area contributed by atoms with Crippen LogP contribution in [0.3, 0.4) is 0 Å². The number of benzene rings is 3. The fourth-order valence-corrected chi connectivity index (χ4v) is 4.22. The molecule has 0 saturated carbocycles. The molecule has 168 valence electrons. The maximum atomic E-state index is 13.2. The molecule has 0 saturated heterocycles. The molecule has 5 heteroatoms. The van der Waals surface area contributed by atoms with Crippen molar-refractivity contribution < 1.29 is 24.2 Å². The summed E-state index contributed by atoms with van der Waals surface area (Å²) in [5.74, 6) is 0.199. The second kappa shape index (κ2) is 10.2. The SMILES string of the molecule is CCOC(=O)C1=C(c2ccccc2)c2ccc(OC)cc2/C1=[N+](\O)CCCc1ccccc1. The number of hydrogen-bond donors (Lipinski definition) is 1. The average Bonchev–Trinajstić information content (AvgIpc) is 3.20. The van der Waals surface area contributed by atoms with Crippen LogP contribution in [0.5, 0.6) is 5.75 Å². The molecule has 0 amide bonds. The van der Waals surface area contributed by atoms with Gasteiger partial charge in [0, 0.05) is 12.0 Å². The van der Waals surface area contributed by atoms with E-state index in [1.807, 2.05) is 66.7 Å². The first-order valence-corrected chi connectivity index (χ1v) is 11.2. The third-order valence-electron chi connectivity index (χ3n) is 5.72. The molecule has 0 radical (unpaired) electrons. The first kappa shape index (κ1) is 22.3. The predicted octanol–water partition coefficient (Wildman–Crippen LogP) is 4.90. The van der Waals surface area contributed by atoms with E-state index in [4.69, 9.17) is 9.47 Å². The molecule has 0 spiro atoms. The van der Waals surface area contributed by atoms with Crippen molar-refractivity contribution >= 4 is 17.3 Å². The molecule has 0 heterocycles. The number of carbonyl (C=O) groups is 1. The second-order valence-electron chi connectivity index (χ2n) is 7.81. The van der Waals surface area contributed by atoms with E-state index in [1.165, 1.54) is 10.3 Å². The fourth-order valence-electron chi connectivity index (χ4n) is 4.22. The number of esters is 1. The number of fused-ring (bicyclic) bond motifs is 1. The fraction of sp³-hybridized carbons (Fsp3) is 0.214. The molecule has 3 aromatic carbocycles. The Balaban J connectivity index is 1.82. The maximum Gasteiger partial charge on any atom is 0.345 e. The molecule has 0 fully saturated rings. The lowest BCUT2D eigenvalue weighted by Crippen LogP contribution is -2.25. The van der Waals surface area contributed by atoms with E-state index in [0.29, 0.717) is 23.6 Å². The molecule has 3 aromatic rings. The van der Waals surface area contributed by atoms with Crippen molar-refractivity contribution in [2.24, 2.45) is 0 Å². The summed E-state index contributed by atoms with van der Waals surface area (Å²) in [7, 11) is 1.60. The van der Waals surface area contributed by atoms with Crippen molar-refractivity contribution in [3.63, 3.8) is 0 Å². The Morgan fingerprint density at radius 2 is 1.64 bits per heavy atom. The summed E-state index contributed by atoms with van der Waals surface area (Å²) in [6.45, 7) is 2.39. The first-order chi connectivity index (χ1) is 16.1. The molecule has 1 aliphatic carbocycles. The third kappa shape index (κ3) is 4.67. The van der Waals surface area contributed by atoms with E-state index < -0.39 is 5.97 Å². The zero-order valence-electron chi connectivity index (χ0n) is 19.0. The molecule has 0 unspecified atom stereocenters. The second-order valence-corrected chi connectivity index (χ2v) is 7.81. The van der Waals surface area contributed by atoms with Crippen molar-refractivity contribution in [2.75, 3.05) is 20.3 Å². The molecule has 0 aromatic heterocycles. The summed E-state index contributed by atoms with van der Waals surface area (Å²) >= 11 is 0. The third-order valence-corrected chi connectivity index (χ3v) is 5.72. The smallest absolute Gasteiger partial charge is 0.345 e. The number of ether oxygens (including phenoxy) is 2. The number of hydrogen-bond acceptors (Lipinski definition) is 4. The van der Waals surface area contributed by atoms with Crippen molar-refractivity contribution in [3.8, 4) is 5.75 Å². The molecule has 0 bridgehead atoms. The van der Waals surface area contributed by atoms with Gasteiger partial charge in [0.2, 0.25) is 0 Å². The van der Waals surface area contributed by atoms with Gasteiger partial charge in [-0.05, 0) is 53.0 Å². The predicted molar refractivity (Wildman–Crippen MR) is 128 cm³/mol. The number of methoxy groups -OCH3 is 1. The van der Waals surface area contributed by atoms with Crippen LogP contribution in [0.15, 0.2) is 84.4 Å². The highest BCUT2D eigenvalue weighted by Crippen LogP contribution is 2.40. The van der Waals surface area contributed by atoms with Gasteiger partial charge in [-0.2, -0.15) is 0 Å². The molecule has 33 heavy (non-hydrogen) atoms. The van der Waals surface area contributed by atoms with Crippen LogP contribution in [0, 0.1) is 0 Å². The summed E-state index contributed by atoms with van der Waals surface area (Å²) < 4.78 is 12.1. The summed E-state index contributed by atoms with van der Waals surface area (Å²) in [6, 6.07) is 25.5. The normalized spacial score (nSPS) is 14.1. The van der Waals surface area contributed by atoms with E-state index in [-0.39, 0.29) is 6.61 Å². The highest BCUT2D eigenvalue weighted by Gasteiger charge is 2.41. The average molecular weight is 443 g/mol. The van der Waals surface area contributed by atoms with Crippen LogP contribution in [-0.2, 0) is 16.0 Å². The van der Waals surface area contributed by atoms with Gasteiger partial charge in [-0.1, -0.05) is 60.7 Å². The summed E-state index contributed by atoms with van der Waals surface area (Å²) in [4.78, 5) is 13.2. The lowest BCUT2D eigenvalue weighted by atomic mass is 9.97. The molecule has 0 atom stereocenters. The minimum absolute atomic E-state index is 0.247. The van der Waals surface area contributed by atoms with E-state index in [2.05, 4.69) is 12.1 Å². The van der Waals surface area contributed by atoms with Crippen LogP contribution >= 0.6 is 0 Å². The topological polar surface area (TPSA) is 58.8 Å². The van der Waals surface area contributed by atoms with Gasteiger partial charge in [0.05, 0.1) is 19.3 Å². The Labute approximate surface area is 194 Å². The van der Waals surface area contributed by atoms with E-state index in [1.54, 1.807) is 14.0 Å². The Kier molecular flexibility index (Phi) is 6.89. The zero-order chi connectivity index (χ0) is 23.2. The number of rotatable bonds is 8. The van der Waals surface area contributed by atoms with E-state index in [0.717, 1.165) is 35.1 Å². The van der Waals surface area contributed by atoms with Crippen molar-refractivity contribution in [2.45, 2.75) is 19.8 Å². The van der Waals surface area contributed by atoms with Crippen molar-refractivity contribution in [1.82, 2.24) is 0 Å². The first-order valence-electron chi connectivity index (χ1n) is 11.2. The van der Waals surface area contributed by atoms with E-state index >= 15 is 0 Å². The van der Waals surface area contributed by atoms with Gasteiger partial charge in [0.15, 0.2) is 6.54 Å². The lowest BCUT2D eigenvalue weighted by Gasteiger charge is -2.08. The quantitative estimate of drug-likeness (QED) is 0.233. The summed E-state index contributed by atoms with van der Waals surface area (Å²) in [6.07, 6.45) is 1.54. The van der Waals surface area contributed by atoms with Crippen LogP contribution in [0.1, 0.15) is 35.6 Å². The number of aryl methyl sites for hydroxylation is 1. The molecule has 5 nitrogen and oxygen atoms in total. The van der Waals surface area contributed by atoms with Crippen LogP contribution in [-0.4, -0.2) is 41.9 Å². The minimum atomic E-state index is -0.455. The van der Waals surface area contributed by atoms with Crippen LogP contribution in [0.25, 0.3) is 5.57 Å². The standard InChI is InChI=1S/C28H28NO4/c1-3-33-28(30)26-25(21-14-8-5-9-15-21)23-17-16-22(32-2)19-24(23)27(26)29(31)18-10-13-20-11-6-4-7-12-20/h4-9,11-12,14-17,19,31H,3,10,13,18H2,1-2H3/q+1/b29-27+. The Morgan fingerprint density at radius 3 is 2.30 bits per heavy atom.